The van der Waals surface area contributed by atoms with E-state index in [4.69, 9.17) is 14.0 Å². The Morgan fingerprint density at radius 2 is 1.37 bits per heavy atom. The smallest absolute Gasteiger partial charge is 0.493 e. The van der Waals surface area contributed by atoms with E-state index in [2.05, 4.69) is 90.1 Å². The van der Waals surface area contributed by atoms with E-state index in [1.165, 1.54) is 36.8 Å². The lowest BCUT2D eigenvalue weighted by molar-refractivity contribution is 0.00578. The Bertz CT molecular complexity index is 780. The van der Waals surface area contributed by atoms with Crippen LogP contribution in [0.25, 0.3) is 11.1 Å². The number of unbranched alkanes of at least 4 members (excludes halogenated alkanes) is 1. The van der Waals surface area contributed by atoms with Crippen molar-refractivity contribution in [3.05, 3.63) is 48.5 Å². The van der Waals surface area contributed by atoms with Crippen molar-refractivity contribution in [2.45, 2.75) is 78.4 Å². The average molecular weight is 408 g/mol. The molecule has 1 saturated heterocycles. The fourth-order valence-electron chi connectivity index (χ4n) is 3.67. The number of ether oxygens (including phenoxy) is 1. The highest BCUT2D eigenvalue weighted by Crippen LogP contribution is 2.36. The molecule has 0 N–H and O–H groups in total. The van der Waals surface area contributed by atoms with Crippen LogP contribution in [0.3, 0.4) is 0 Å². The van der Waals surface area contributed by atoms with Crippen LogP contribution in [0.4, 0.5) is 0 Å². The largest absolute Gasteiger partial charge is 0.494 e. The Kier molecular flexibility index (Phi) is 7.31. The van der Waals surface area contributed by atoms with Crippen LogP contribution in [0.15, 0.2) is 48.5 Å². The van der Waals surface area contributed by atoms with Gasteiger partial charge in [0, 0.05) is 0 Å². The van der Waals surface area contributed by atoms with Gasteiger partial charge in [-0.25, -0.2) is 0 Å². The van der Waals surface area contributed by atoms with E-state index in [-0.39, 0.29) is 18.3 Å². The third-order valence-corrected chi connectivity index (χ3v) is 6.65. The maximum absolute atomic E-state index is 6.15. The van der Waals surface area contributed by atoms with E-state index in [0.717, 1.165) is 17.8 Å². The van der Waals surface area contributed by atoms with Gasteiger partial charge >= 0.3 is 7.12 Å². The Morgan fingerprint density at radius 3 is 1.87 bits per heavy atom. The van der Waals surface area contributed by atoms with Crippen molar-refractivity contribution in [2.24, 2.45) is 5.92 Å². The normalized spacial score (nSPS) is 18.4. The lowest BCUT2D eigenvalue weighted by Gasteiger charge is -2.32. The Labute approximate surface area is 183 Å². The lowest BCUT2D eigenvalue weighted by Crippen LogP contribution is -2.41. The van der Waals surface area contributed by atoms with E-state index in [0.29, 0.717) is 5.92 Å². The predicted octanol–water partition coefficient (Wildman–Crippen LogP) is 6.25. The van der Waals surface area contributed by atoms with Crippen molar-refractivity contribution >= 4 is 12.6 Å². The molecule has 0 radical (unpaired) electrons. The molecule has 0 aromatic heterocycles. The molecule has 0 bridgehead atoms. The lowest BCUT2D eigenvalue weighted by atomic mass is 9.78. The van der Waals surface area contributed by atoms with E-state index in [1.807, 2.05) is 0 Å². The molecule has 3 nitrogen and oxygen atoms in total. The fraction of sp³-hybridized carbons (Fsp3) is 0.538. The zero-order chi connectivity index (χ0) is 21.8. The highest BCUT2D eigenvalue weighted by Gasteiger charge is 2.51. The van der Waals surface area contributed by atoms with Crippen LogP contribution in [0.2, 0.25) is 0 Å². The minimum atomic E-state index is -0.320. The third kappa shape index (κ3) is 5.28. The standard InChI is InChI=1S/C26H37BO3/c1-7-9-10-20(8-2)19-28-24-17-13-22(14-18-24)21-11-15-23(16-12-21)27-29-25(3,4)26(5,6)30-27/h11-18,20H,7-10,19H2,1-6H3. The second-order valence-electron chi connectivity index (χ2n) is 9.46. The van der Waals surface area contributed by atoms with Crippen LogP contribution in [-0.2, 0) is 9.31 Å². The number of hydrogen-bond acceptors (Lipinski definition) is 3. The molecule has 0 spiro atoms. The van der Waals surface area contributed by atoms with Crippen LogP contribution >= 0.6 is 0 Å². The van der Waals surface area contributed by atoms with Crippen molar-refractivity contribution < 1.29 is 14.0 Å². The van der Waals surface area contributed by atoms with Gasteiger partial charge in [-0.15, -0.1) is 0 Å². The van der Waals surface area contributed by atoms with Crippen LogP contribution in [0, 0.1) is 5.92 Å². The summed E-state index contributed by atoms with van der Waals surface area (Å²) in [6.07, 6.45) is 4.95. The predicted molar refractivity (Wildman–Crippen MR) is 126 cm³/mol. The van der Waals surface area contributed by atoms with Crippen molar-refractivity contribution in [3.63, 3.8) is 0 Å². The van der Waals surface area contributed by atoms with Gasteiger partial charge in [0.15, 0.2) is 0 Å². The second kappa shape index (κ2) is 9.57. The minimum absolute atomic E-state index is 0.320. The average Bonchev–Trinajstić information content (AvgIpc) is 2.96. The Morgan fingerprint density at radius 1 is 0.833 bits per heavy atom. The summed E-state index contributed by atoms with van der Waals surface area (Å²) in [5.41, 5.74) is 2.77. The molecule has 0 aliphatic carbocycles. The topological polar surface area (TPSA) is 27.7 Å². The molecule has 1 fully saturated rings. The molecule has 1 heterocycles. The maximum Gasteiger partial charge on any atom is 0.494 e. The quantitative estimate of drug-likeness (QED) is 0.459. The zero-order valence-electron chi connectivity index (χ0n) is 19.5. The van der Waals surface area contributed by atoms with Crippen LogP contribution in [-0.4, -0.2) is 24.9 Å². The molecule has 162 valence electrons. The monoisotopic (exact) mass is 408 g/mol. The van der Waals surface area contributed by atoms with Gasteiger partial charge in [0.25, 0.3) is 0 Å². The summed E-state index contributed by atoms with van der Waals surface area (Å²) in [4.78, 5) is 0. The summed E-state index contributed by atoms with van der Waals surface area (Å²) in [6, 6.07) is 16.9. The molecule has 1 aliphatic heterocycles. The molecule has 1 atom stereocenters. The summed E-state index contributed by atoms with van der Waals surface area (Å²) in [6.45, 7) is 13.6. The molecule has 2 aromatic rings. The van der Waals surface area contributed by atoms with E-state index in [9.17, 15) is 0 Å². The van der Waals surface area contributed by atoms with Gasteiger partial charge in [-0.3, -0.25) is 0 Å². The number of benzene rings is 2. The third-order valence-electron chi connectivity index (χ3n) is 6.65. The molecule has 3 rings (SSSR count). The summed E-state index contributed by atoms with van der Waals surface area (Å²) in [5.74, 6) is 1.59. The molecule has 4 heteroatoms. The van der Waals surface area contributed by atoms with Gasteiger partial charge < -0.3 is 14.0 Å². The highest BCUT2D eigenvalue weighted by atomic mass is 16.7. The van der Waals surface area contributed by atoms with E-state index >= 15 is 0 Å². The van der Waals surface area contributed by atoms with Gasteiger partial charge in [0.2, 0.25) is 0 Å². The van der Waals surface area contributed by atoms with E-state index < -0.39 is 0 Å². The second-order valence-corrected chi connectivity index (χ2v) is 9.46. The van der Waals surface area contributed by atoms with E-state index in [1.54, 1.807) is 0 Å². The number of rotatable bonds is 9. The van der Waals surface area contributed by atoms with Gasteiger partial charge in [0.05, 0.1) is 17.8 Å². The maximum atomic E-state index is 6.15. The van der Waals surface area contributed by atoms with Gasteiger partial charge in [-0.1, -0.05) is 69.5 Å². The van der Waals surface area contributed by atoms with Gasteiger partial charge in [-0.2, -0.15) is 0 Å². The first-order valence-corrected chi connectivity index (χ1v) is 11.4. The van der Waals surface area contributed by atoms with Crippen LogP contribution < -0.4 is 10.2 Å². The van der Waals surface area contributed by atoms with Crippen LogP contribution in [0.1, 0.15) is 67.2 Å². The molecular weight excluding hydrogens is 371 g/mol. The SMILES string of the molecule is CCCCC(CC)COc1ccc(-c2ccc(B3OC(C)(C)C(C)(C)O3)cc2)cc1. The van der Waals surface area contributed by atoms with Crippen molar-refractivity contribution in [1.82, 2.24) is 0 Å². The molecule has 2 aromatic carbocycles. The van der Waals surface area contributed by atoms with Crippen molar-refractivity contribution in [3.8, 4) is 16.9 Å². The summed E-state index contributed by atoms with van der Waals surface area (Å²) >= 11 is 0. The van der Waals surface area contributed by atoms with Crippen molar-refractivity contribution in [2.75, 3.05) is 6.61 Å². The molecule has 1 unspecified atom stereocenters. The minimum Gasteiger partial charge on any atom is -0.493 e. The van der Waals surface area contributed by atoms with Crippen LogP contribution in [0.5, 0.6) is 5.75 Å². The summed E-state index contributed by atoms with van der Waals surface area (Å²) in [5, 5.41) is 0. The molecule has 0 amide bonds. The zero-order valence-corrected chi connectivity index (χ0v) is 19.5. The number of hydrogen-bond donors (Lipinski definition) is 0. The Balaban J connectivity index is 1.60. The first kappa shape index (κ1) is 22.9. The Hall–Kier alpha value is -1.78. The molecule has 1 aliphatic rings. The van der Waals surface area contributed by atoms with Gasteiger partial charge in [-0.05, 0) is 68.8 Å². The first-order valence-electron chi connectivity index (χ1n) is 11.4. The van der Waals surface area contributed by atoms with Gasteiger partial charge in [0.1, 0.15) is 5.75 Å². The molecule has 30 heavy (non-hydrogen) atoms. The first-order chi connectivity index (χ1) is 14.3. The molecular formula is C26H37BO3. The summed E-state index contributed by atoms with van der Waals surface area (Å²) < 4.78 is 18.3. The fourth-order valence-corrected chi connectivity index (χ4v) is 3.67. The highest BCUT2D eigenvalue weighted by molar-refractivity contribution is 6.62. The van der Waals surface area contributed by atoms with Crippen molar-refractivity contribution in [1.29, 1.82) is 0 Å². The molecule has 0 saturated carbocycles. The summed E-state index contributed by atoms with van der Waals surface area (Å²) in [7, 11) is -0.320.